The quantitative estimate of drug-likeness (QED) is 0.429. The van der Waals surface area contributed by atoms with Crippen molar-refractivity contribution in [2.75, 3.05) is 13.7 Å². The number of rotatable bonds is 6. The summed E-state index contributed by atoms with van der Waals surface area (Å²) in [4.78, 5) is 14.3. The van der Waals surface area contributed by atoms with Gasteiger partial charge >= 0.3 is 0 Å². The van der Waals surface area contributed by atoms with Crippen molar-refractivity contribution in [1.29, 1.82) is 0 Å². The highest BCUT2D eigenvalue weighted by atomic mass is 35.5. The Balaban J connectivity index is 1.91. The molecule has 1 aromatic carbocycles. The highest BCUT2D eigenvalue weighted by Crippen LogP contribution is 2.52. The predicted molar refractivity (Wildman–Crippen MR) is 106 cm³/mol. The highest BCUT2D eigenvalue weighted by Gasteiger charge is 2.36. The van der Waals surface area contributed by atoms with Gasteiger partial charge in [0.2, 0.25) is 0 Å². The molecular formula is C21H21ClN2O4. The van der Waals surface area contributed by atoms with Crippen LogP contribution in [0.4, 0.5) is 0 Å². The number of aromatic amines is 1. The number of ether oxygens (including phenoxy) is 1. The molecule has 7 heteroatoms. The van der Waals surface area contributed by atoms with E-state index in [0.29, 0.717) is 41.4 Å². The molecule has 0 amide bonds. The number of methoxy groups -OCH3 is 1. The van der Waals surface area contributed by atoms with Gasteiger partial charge in [-0.1, -0.05) is 29.8 Å². The average molecular weight is 401 g/mol. The van der Waals surface area contributed by atoms with Crippen LogP contribution in [0.15, 0.2) is 30.3 Å². The summed E-state index contributed by atoms with van der Waals surface area (Å²) in [5.74, 6) is -0.441. The summed E-state index contributed by atoms with van der Waals surface area (Å²) < 4.78 is 7.12. The largest absolute Gasteiger partial charge is 0.494 e. The number of halogens is 1. The van der Waals surface area contributed by atoms with E-state index in [2.05, 4.69) is 4.98 Å². The lowest BCUT2D eigenvalue weighted by atomic mass is 9.79. The van der Waals surface area contributed by atoms with Crippen molar-refractivity contribution in [3.63, 3.8) is 0 Å². The van der Waals surface area contributed by atoms with Crippen LogP contribution < -0.4 is 0 Å². The van der Waals surface area contributed by atoms with Crippen molar-refractivity contribution in [1.82, 2.24) is 9.55 Å². The van der Waals surface area contributed by atoms with Gasteiger partial charge in [-0.05, 0) is 30.5 Å². The fourth-order valence-electron chi connectivity index (χ4n) is 4.19. The maximum absolute atomic E-state index is 11.7. The number of nitrogens with one attached hydrogen (secondary N) is 1. The summed E-state index contributed by atoms with van der Waals surface area (Å²) in [5.41, 5.74) is 4.22. The number of nitrogens with zero attached hydrogens (tertiary/aromatic N) is 1. The number of benzene rings is 1. The fraction of sp³-hybridized carbons (Fsp3) is 0.286. The number of carbonyl (C=O) groups is 1. The number of fused-ring (bicyclic) bond motifs is 3. The lowest BCUT2D eigenvalue weighted by molar-refractivity contribution is 0.111. The van der Waals surface area contributed by atoms with Gasteiger partial charge in [-0.15, -0.1) is 0 Å². The Morgan fingerprint density at radius 2 is 2.11 bits per heavy atom. The molecule has 0 saturated carbocycles. The lowest BCUT2D eigenvalue weighted by Gasteiger charge is -2.26. The van der Waals surface area contributed by atoms with Gasteiger partial charge in [0.05, 0.1) is 11.3 Å². The predicted octanol–water partition coefficient (Wildman–Crippen LogP) is 4.08. The summed E-state index contributed by atoms with van der Waals surface area (Å²) in [6.07, 6.45) is 2.13. The third kappa shape index (κ3) is 2.89. The first-order valence-corrected chi connectivity index (χ1v) is 9.49. The van der Waals surface area contributed by atoms with Gasteiger partial charge in [-0.25, -0.2) is 0 Å². The molecule has 2 aromatic heterocycles. The smallest absolute Gasteiger partial charge is 0.199 e. The van der Waals surface area contributed by atoms with E-state index in [0.717, 1.165) is 29.5 Å². The third-order valence-corrected chi connectivity index (χ3v) is 5.73. The number of hydrogen-bond donors (Lipinski definition) is 3. The Hall–Kier alpha value is -2.70. The van der Waals surface area contributed by atoms with Crippen molar-refractivity contribution in [3.05, 3.63) is 57.9 Å². The summed E-state index contributed by atoms with van der Waals surface area (Å²) in [7, 11) is 1.64. The van der Waals surface area contributed by atoms with Crippen LogP contribution in [0.3, 0.4) is 0 Å². The molecule has 3 N–H and O–H groups in total. The number of H-pyrrole nitrogens is 1. The zero-order valence-electron chi connectivity index (χ0n) is 15.4. The first-order chi connectivity index (χ1) is 13.6. The Kier molecular flexibility index (Phi) is 4.91. The van der Waals surface area contributed by atoms with Crippen LogP contribution in [0.5, 0.6) is 11.8 Å². The molecule has 0 saturated heterocycles. The molecule has 0 spiro atoms. The van der Waals surface area contributed by atoms with Crippen LogP contribution in [-0.4, -0.2) is 39.8 Å². The van der Waals surface area contributed by atoms with Gasteiger partial charge in [0.15, 0.2) is 18.0 Å². The summed E-state index contributed by atoms with van der Waals surface area (Å²) in [5, 5.41) is 21.6. The minimum absolute atomic E-state index is 0.0807. The minimum Gasteiger partial charge on any atom is -0.494 e. The molecule has 28 heavy (non-hydrogen) atoms. The van der Waals surface area contributed by atoms with Gasteiger partial charge in [0, 0.05) is 48.0 Å². The number of aromatic hydroxyl groups is 2. The number of hydrogen-bond acceptors (Lipinski definition) is 4. The van der Waals surface area contributed by atoms with E-state index in [1.165, 1.54) is 0 Å². The first-order valence-electron chi connectivity index (χ1n) is 9.11. The van der Waals surface area contributed by atoms with E-state index >= 15 is 0 Å². The molecule has 1 atom stereocenters. The molecule has 0 bridgehead atoms. The molecule has 3 aromatic rings. The number of carbonyl (C=O) groups excluding carboxylic acids is 1. The fourth-order valence-corrected chi connectivity index (χ4v) is 4.46. The van der Waals surface area contributed by atoms with Crippen molar-refractivity contribution in [3.8, 4) is 22.9 Å². The summed E-state index contributed by atoms with van der Waals surface area (Å²) in [6, 6.07) is 9.25. The molecule has 0 fully saturated rings. The average Bonchev–Trinajstić information content (AvgIpc) is 3.19. The Bertz CT molecular complexity index is 1040. The second-order valence-electron chi connectivity index (χ2n) is 6.93. The summed E-state index contributed by atoms with van der Waals surface area (Å²) >= 11 is 6.45. The van der Waals surface area contributed by atoms with Gasteiger partial charge in [-0.2, -0.15) is 0 Å². The van der Waals surface area contributed by atoms with E-state index < -0.39 is 0 Å². The van der Waals surface area contributed by atoms with E-state index in [4.69, 9.17) is 16.3 Å². The van der Waals surface area contributed by atoms with Crippen molar-refractivity contribution >= 4 is 17.9 Å². The Labute approximate surface area is 167 Å². The molecule has 1 aliphatic carbocycles. The van der Waals surface area contributed by atoms with Gasteiger partial charge in [0.1, 0.15) is 0 Å². The maximum atomic E-state index is 11.7. The van der Waals surface area contributed by atoms with E-state index in [1.807, 2.05) is 28.8 Å². The second kappa shape index (κ2) is 7.37. The van der Waals surface area contributed by atoms with Crippen molar-refractivity contribution in [2.24, 2.45) is 0 Å². The van der Waals surface area contributed by atoms with Gasteiger partial charge in [-0.3, -0.25) is 9.78 Å². The monoisotopic (exact) mass is 400 g/mol. The van der Waals surface area contributed by atoms with Crippen molar-refractivity contribution < 1.29 is 19.7 Å². The van der Waals surface area contributed by atoms with E-state index in [9.17, 15) is 15.0 Å². The highest BCUT2D eigenvalue weighted by molar-refractivity contribution is 6.31. The van der Waals surface area contributed by atoms with Gasteiger partial charge in [0.25, 0.3) is 0 Å². The molecule has 4 rings (SSSR count). The molecule has 6 nitrogen and oxygen atoms in total. The molecule has 146 valence electrons. The molecular weight excluding hydrogens is 380 g/mol. The van der Waals surface area contributed by atoms with Gasteiger partial charge < -0.3 is 19.5 Å². The third-order valence-electron chi connectivity index (χ3n) is 5.39. The van der Waals surface area contributed by atoms with Crippen LogP contribution in [0.2, 0.25) is 5.02 Å². The van der Waals surface area contributed by atoms with Crippen LogP contribution in [0.1, 0.15) is 39.6 Å². The summed E-state index contributed by atoms with van der Waals surface area (Å²) in [6.45, 7) is 1.21. The SMILES string of the molecule is COCCCn1c(C=O)cc2c1CC(c1ccccc1Cl)c1c(O)[nH]c(O)c1-2. The minimum atomic E-state index is -0.246. The molecule has 1 aliphatic rings. The molecule has 2 heterocycles. The second-order valence-corrected chi connectivity index (χ2v) is 7.34. The van der Waals surface area contributed by atoms with E-state index in [-0.39, 0.29) is 17.7 Å². The normalized spacial score (nSPS) is 15.3. The number of aromatic nitrogens is 2. The zero-order valence-corrected chi connectivity index (χ0v) is 16.2. The Morgan fingerprint density at radius 1 is 1.32 bits per heavy atom. The lowest BCUT2D eigenvalue weighted by Crippen LogP contribution is -2.16. The topological polar surface area (TPSA) is 87.5 Å². The first kappa shape index (κ1) is 18.7. The molecule has 0 aliphatic heterocycles. The molecule has 1 unspecified atom stereocenters. The van der Waals surface area contributed by atoms with Crippen LogP contribution >= 0.6 is 11.6 Å². The van der Waals surface area contributed by atoms with Crippen LogP contribution in [0.25, 0.3) is 11.1 Å². The molecule has 0 radical (unpaired) electrons. The van der Waals surface area contributed by atoms with E-state index in [1.54, 1.807) is 13.2 Å². The number of aldehydes is 1. The standard InChI is InChI=1S/C21H21ClN2O4/c1-28-8-4-7-24-12(11-25)9-15-17(24)10-14(13-5-2-3-6-16(13)22)18-19(15)21(27)23-20(18)26/h2-3,5-6,9,11,14,23,26-27H,4,7-8,10H2,1H3. The maximum Gasteiger partial charge on any atom is 0.199 e. The van der Waals surface area contributed by atoms with Crippen LogP contribution in [0, 0.1) is 0 Å². The Morgan fingerprint density at radius 3 is 2.82 bits per heavy atom. The van der Waals surface area contributed by atoms with Crippen LogP contribution in [-0.2, 0) is 17.7 Å². The van der Waals surface area contributed by atoms with Crippen molar-refractivity contribution in [2.45, 2.75) is 25.3 Å². The zero-order chi connectivity index (χ0) is 19.8.